The Balaban J connectivity index is 1.77. The molecule has 0 aliphatic carbocycles. The van der Waals surface area contributed by atoms with Crippen LogP contribution in [0.25, 0.3) is 0 Å². The van der Waals surface area contributed by atoms with E-state index in [1.807, 2.05) is 6.07 Å². The molecule has 0 aliphatic heterocycles. The molecule has 27 heavy (non-hydrogen) atoms. The van der Waals surface area contributed by atoms with Gasteiger partial charge < -0.3 is 11.1 Å². The highest BCUT2D eigenvalue weighted by atomic mass is 14.9. The summed E-state index contributed by atoms with van der Waals surface area (Å²) >= 11 is 0. The molecule has 0 bridgehead atoms. The van der Waals surface area contributed by atoms with Crippen molar-refractivity contribution in [3.05, 3.63) is 23.8 Å². The number of anilines is 2. The van der Waals surface area contributed by atoms with E-state index < -0.39 is 0 Å². The standard InChI is InChI=1S/C25H46N2/c1-3-4-5-6-7-8-9-10-11-12-13-14-15-16-17-18-21-27-24-19-20-25(26)23(2)22-24/h19-20,22,27H,3-18,21,26H2,1-2H3. The molecule has 3 N–H and O–H groups in total. The van der Waals surface area contributed by atoms with Crippen LogP contribution in [0.1, 0.15) is 115 Å². The van der Waals surface area contributed by atoms with Gasteiger partial charge in [0.25, 0.3) is 0 Å². The predicted molar refractivity (Wildman–Crippen MR) is 124 cm³/mol. The molecule has 2 nitrogen and oxygen atoms in total. The van der Waals surface area contributed by atoms with E-state index in [0.29, 0.717) is 0 Å². The third kappa shape index (κ3) is 13.6. The zero-order chi connectivity index (χ0) is 19.6. The van der Waals surface area contributed by atoms with E-state index in [-0.39, 0.29) is 0 Å². The summed E-state index contributed by atoms with van der Waals surface area (Å²) in [5.41, 5.74) is 9.09. The first kappa shape index (κ1) is 23.9. The van der Waals surface area contributed by atoms with Crippen LogP contribution in [0.3, 0.4) is 0 Å². The van der Waals surface area contributed by atoms with Gasteiger partial charge in [0.05, 0.1) is 0 Å². The lowest BCUT2D eigenvalue weighted by Gasteiger charge is -2.08. The first-order chi connectivity index (χ1) is 13.2. The topological polar surface area (TPSA) is 38.0 Å². The minimum atomic E-state index is 0.878. The van der Waals surface area contributed by atoms with Crippen molar-refractivity contribution >= 4 is 11.4 Å². The number of hydrogen-bond donors (Lipinski definition) is 2. The number of nitrogen functional groups attached to an aromatic ring is 1. The molecule has 0 saturated carbocycles. The summed E-state index contributed by atoms with van der Waals surface area (Å²) in [5.74, 6) is 0. The highest BCUT2D eigenvalue weighted by Crippen LogP contribution is 2.17. The van der Waals surface area contributed by atoms with Crippen molar-refractivity contribution in [2.24, 2.45) is 0 Å². The van der Waals surface area contributed by atoms with Gasteiger partial charge in [0.2, 0.25) is 0 Å². The molecule has 0 aliphatic rings. The van der Waals surface area contributed by atoms with Gasteiger partial charge in [-0.25, -0.2) is 0 Å². The van der Waals surface area contributed by atoms with Crippen LogP contribution in [0.5, 0.6) is 0 Å². The SMILES string of the molecule is CCCCCCCCCCCCCCCCCCNc1ccc(N)c(C)c1. The van der Waals surface area contributed by atoms with Crippen LogP contribution in [0.4, 0.5) is 11.4 Å². The third-order valence-electron chi connectivity index (χ3n) is 5.63. The van der Waals surface area contributed by atoms with Crippen LogP contribution in [-0.2, 0) is 0 Å². The Labute approximate surface area is 169 Å². The summed E-state index contributed by atoms with van der Waals surface area (Å²) in [6.45, 7) is 5.43. The van der Waals surface area contributed by atoms with Gasteiger partial charge in [-0.2, -0.15) is 0 Å². The van der Waals surface area contributed by atoms with Gasteiger partial charge in [-0.3, -0.25) is 0 Å². The van der Waals surface area contributed by atoms with Crippen LogP contribution in [0.15, 0.2) is 18.2 Å². The lowest BCUT2D eigenvalue weighted by atomic mass is 10.0. The van der Waals surface area contributed by atoms with E-state index in [4.69, 9.17) is 5.73 Å². The summed E-state index contributed by atoms with van der Waals surface area (Å²) < 4.78 is 0. The summed E-state index contributed by atoms with van der Waals surface area (Å²) in [6, 6.07) is 6.21. The van der Waals surface area contributed by atoms with Gasteiger partial charge >= 0.3 is 0 Å². The van der Waals surface area contributed by atoms with Crippen LogP contribution in [0.2, 0.25) is 0 Å². The van der Waals surface area contributed by atoms with E-state index >= 15 is 0 Å². The van der Waals surface area contributed by atoms with Crippen LogP contribution in [-0.4, -0.2) is 6.54 Å². The molecule has 0 fully saturated rings. The molecule has 1 aromatic carbocycles. The predicted octanol–water partition coefficient (Wildman–Crippen LogP) is 8.25. The van der Waals surface area contributed by atoms with Crippen molar-refractivity contribution in [2.75, 3.05) is 17.6 Å². The molecule has 0 unspecified atom stereocenters. The minimum Gasteiger partial charge on any atom is -0.399 e. The second kappa shape index (κ2) is 17.0. The van der Waals surface area contributed by atoms with Gasteiger partial charge in [0, 0.05) is 17.9 Å². The summed E-state index contributed by atoms with van der Waals surface area (Å²) in [4.78, 5) is 0. The lowest BCUT2D eigenvalue weighted by Crippen LogP contribution is -2.02. The molecule has 2 heteroatoms. The number of hydrogen-bond acceptors (Lipinski definition) is 2. The van der Waals surface area contributed by atoms with Crippen LogP contribution in [0, 0.1) is 6.92 Å². The molecule has 1 rings (SSSR count). The van der Waals surface area contributed by atoms with E-state index in [9.17, 15) is 0 Å². The summed E-state index contributed by atoms with van der Waals surface area (Å²) in [5, 5.41) is 3.51. The Bertz CT molecular complexity index is 456. The Kier molecular flexibility index (Phi) is 15.0. The maximum Gasteiger partial charge on any atom is 0.0345 e. The highest BCUT2D eigenvalue weighted by molar-refractivity contribution is 5.56. The molecule has 0 atom stereocenters. The van der Waals surface area contributed by atoms with Crippen molar-refractivity contribution in [1.82, 2.24) is 0 Å². The molecular formula is C25H46N2. The maximum atomic E-state index is 5.86. The normalized spacial score (nSPS) is 11.0. The molecule has 0 spiro atoms. The first-order valence-corrected chi connectivity index (χ1v) is 11.8. The van der Waals surface area contributed by atoms with Gasteiger partial charge in [0.15, 0.2) is 0 Å². The van der Waals surface area contributed by atoms with Crippen LogP contribution < -0.4 is 11.1 Å². The fraction of sp³-hybridized carbons (Fsp3) is 0.760. The van der Waals surface area contributed by atoms with Crippen LogP contribution >= 0.6 is 0 Å². The average Bonchev–Trinajstić information content (AvgIpc) is 2.67. The number of benzene rings is 1. The van der Waals surface area contributed by atoms with Gasteiger partial charge in [-0.15, -0.1) is 0 Å². The Morgan fingerprint density at radius 1 is 0.667 bits per heavy atom. The van der Waals surface area contributed by atoms with Gasteiger partial charge in [-0.05, 0) is 37.1 Å². The van der Waals surface area contributed by atoms with E-state index in [1.165, 1.54) is 108 Å². The molecule has 0 heterocycles. The molecule has 0 amide bonds. The number of unbranched alkanes of at least 4 members (excludes halogenated alkanes) is 15. The molecule has 0 saturated heterocycles. The zero-order valence-corrected chi connectivity index (χ0v) is 18.3. The number of rotatable bonds is 18. The smallest absolute Gasteiger partial charge is 0.0345 e. The average molecular weight is 375 g/mol. The second-order valence-electron chi connectivity index (χ2n) is 8.30. The Morgan fingerprint density at radius 3 is 1.56 bits per heavy atom. The summed E-state index contributed by atoms with van der Waals surface area (Å²) in [6.07, 6.45) is 22.8. The van der Waals surface area contributed by atoms with Gasteiger partial charge in [-0.1, -0.05) is 103 Å². The van der Waals surface area contributed by atoms with Crippen molar-refractivity contribution in [3.63, 3.8) is 0 Å². The highest BCUT2D eigenvalue weighted by Gasteiger charge is 1.97. The Hall–Kier alpha value is -1.18. The number of aryl methyl sites for hydroxylation is 1. The number of nitrogens with one attached hydrogen (secondary N) is 1. The molecular weight excluding hydrogens is 328 g/mol. The fourth-order valence-electron chi connectivity index (χ4n) is 3.69. The van der Waals surface area contributed by atoms with Gasteiger partial charge in [0.1, 0.15) is 0 Å². The first-order valence-electron chi connectivity index (χ1n) is 11.8. The van der Waals surface area contributed by atoms with E-state index in [1.54, 1.807) is 0 Å². The number of nitrogens with two attached hydrogens (primary N) is 1. The largest absolute Gasteiger partial charge is 0.399 e. The lowest BCUT2D eigenvalue weighted by molar-refractivity contribution is 0.530. The van der Waals surface area contributed by atoms with Crippen molar-refractivity contribution in [2.45, 2.75) is 117 Å². The van der Waals surface area contributed by atoms with Crippen molar-refractivity contribution < 1.29 is 0 Å². The van der Waals surface area contributed by atoms with Crippen molar-refractivity contribution in [3.8, 4) is 0 Å². The molecule has 0 radical (unpaired) electrons. The summed E-state index contributed by atoms with van der Waals surface area (Å²) in [7, 11) is 0. The maximum absolute atomic E-state index is 5.86. The minimum absolute atomic E-state index is 0.878. The monoisotopic (exact) mass is 374 g/mol. The second-order valence-corrected chi connectivity index (χ2v) is 8.30. The molecule has 1 aromatic rings. The quantitative estimate of drug-likeness (QED) is 0.200. The fourth-order valence-corrected chi connectivity index (χ4v) is 3.69. The Morgan fingerprint density at radius 2 is 1.11 bits per heavy atom. The molecule has 0 aromatic heterocycles. The molecule has 156 valence electrons. The van der Waals surface area contributed by atoms with E-state index in [0.717, 1.165) is 17.8 Å². The zero-order valence-electron chi connectivity index (χ0n) is 18.3. The van der Waals surface area contributed by atoms with Crippen molar-refractivity contribution in [1.29, 1.82) is 0 Å². The third-order valence-corrected chi connectivity index (χ3v) is 5.63. The van der Waals surface area contributed by atoms with E-state index in [2.05, 4.69) is 31.3 Å².